The predicted molar refractivity (Wildman–Crippen MR) is 80.3 cm³/mol. The van der Waals surface area contributed by atoms with E-state index < -0.39 is 0 Å². The summed E-state index contributed by atoms with van der Waals surface area (Å²) in [6.07, 6.45) is 6.65. The van der Waals surface area contributed by atoms with Crippen LogP contribution in [-0.4, -0.2) is 14.5 Å². The number of fused-ring (bicyclic) bond motifs is 1. The first-order chi connectivity index (χ1) is 9.81. The lowest BCUT2D eigenvalue weighted by Gasteiger charge is -2.15. The van der Waals surface area contributed by atoms with Gasteiger partial charge in [-0.15, -0.1) is 0 Å². The van der Waals surface area contributed by atoms with Crippen molar-refractivity contribution in [3.05, 3.63) is 60.3 Å². The Balaban J connectivity index is 2.08. The van der Waals surface area contributed by atoms with Gasteiger partial charge in [-0.3, -0.25) is 4.98 Å². The highest BCUT2D eigenvalue weighted by Gasteiger charge is 2.17. The zero-order valence-corrected chi connectivity index (χ0v) is 11.5. The van der Waals surface area contributed by atoms with Crippen molar-refractivity contribution in [2.24, 2.45) is 5.73 Å². The molecule has 0 saturated heterocycles. The maximum atomic E-state index is 6.43. The summed E-state index contributed by atoms with van der Waals surface area (Å²) < 4.78 is 2.12. The van der Waals surface area contributed by atoms with Gasteiger partial charge in [-0.1, -0.05) is 31.2 Å². The highest BCUT2D eigenvalue weighted by Crippen LogP contribution is 2.25. The monoisotopic (exact) mass is 266 g/mol. The van der Waals surface area contributed by atoms with Gasteiger partial charge in [0.25, 0.3) is 0 Å². The van der Waals surface area contributed by atoms with Crippen LogP contribution in [0.1, 0.15) is 30.8 Å². The van der Waals surface area contributed by atoms with Gasteiger partial charge in [-0.05, 0) is 12.5 Å². The minimum absolute atomic E-state index is 0.254. The molecule has 1 aromatic carbocycles. The molecule has 20 heavy (non-hydrogen) atoms. The first kappa shape index (κ1) is 12.8. The van der Waals surface area contributed by atoms with Crippen LogP contribution in [0.5, 0.6) is 0 Å². The quantitative estimate of drug-likeness (QED) is 0.790. The van der Waals surface area contributed by atoms with E-state index in [4.69, 9.17) is 5.73 Å². The van der Waals surface area contributed by atoms with Crippen LogP contribution in [0.4, 0.5) is 0 Å². The third kappa shape index (κ3) is 2.18. The van der Waals surface area contributed by atoms with Gasteiger partial charge in [0, 0.05) is 36.1 Å². The molecule has 0 aliphatic heterocycles. The smallest absolute Gasteiger partial charge is 0.130 e. The van der Waals surface area contributed by atoms with Gasteiger partial charge in [0.15, 0.2) is 0 Å². The lowest BCUT2D eigenvalue weighted by Crippen LogP contribution is -2.18. The van der Waals surface area contributed by atoms with Crippen LogP contribution in [0.3, 0.4) is 0 Å². The minimum Gasteiger partial charge on any atom is -0.333 e. The largest absolute Gasteiger partial charge is 0.333 e. The molecule has 0 spiro atoms. The first-order valence-electron chi connectivity index (χ1n) is 6.91. The summed E-state index contributed by atoms with van der Waals surface area (Å²) in [5.41, 5.74) is 8.41. The summed E-state index contributed by atoms with van der Waals surface area (Å²) in [7, 11) is 0. The van der Waals surface area contributed by atoms with E-state index in [9.17, 15) is 0 Å². The predicted octanol–water partition coefficient (Wildman–Crippen LogP) is 2.89. The van der Waals surface area contributed by atoms with Crippen molar-refractivity contribution in [2.75, 3.05) is 0 Å². The lowest BCUT2D eigenvalue weighted by atomic mass is 10.0. The van der Waals surface area contributed by atoms with Gasteiger partial charge < -0.3 is 10.3 Å². The van der Waals surface area contributed by atoms with Gasteiger partial charge in [0.2, 0.25) is 0 Å². The van der Waals surface area contributed by atoms with Crippen LogP contribution in [0.25, 0.3) is 10.9 Å². The molecule has 0 amide bonds. The van der Waals surface area contributed by atoms with Crippen molar-refractivity contribution in [3.63, 3.8) is 0 Å². The third-order valence-corrected chi connectivity index (χ3v) is 3.49. The van der Waals surface area contributed by atoms with Gasteiger partial charge in [-0.25, -0.2) is 4.98 Å². The zero-order valence-electron chi connectivity index (χ0n) is 11.5. The Hall–Kier alpha value is -2.20. The summed E-state index contributed by atoms with van der Waals surface area (Å²) in [6.45, 7) is 3.08. The fraction of sp³-hybridized carbons (Fsp3) is 0.250. The number of pyridine rings is 1. The van der Waals surface area contributed by atoms with Crippen molar-refractivity contribution < 1.29 is 0 Å². The number of hydrogen-bond acceptors (Lipinski definition) is 3. The highest BCUT2D eigenvalue weighted by atomic mass is 15.1. The molecule has 4 heteroatoms. The molecule has 0 bridgehead atoms. The maximum absolute atomic E-state index is 6.43. The molecule has 0 radical (unpaired) electrons. The average Bonchev–Trinajstić information content (AvgIpc) is 2.94. The standard InChI is InChI=1S/C16H18N4/c1-2-10-20-11-9-19-16(20)14(17)13-7-3-5-12-6-4-8-18-15(12)13/h3-9,11,14H,2,10,17H2,1H3. The van der Waals surface area contributed by atoms with E-state index in [0.717, 1.165) is 35.3 Å². The Bertz CT molecular complexity index is 712. The second-order valence-corrected chi connectivity index (χ2v) is 4.88. The molecule has 2 N–H and O–H groups in total. The Morgan fingerprint density at radius 3 is 2.85 bits per heavy atom. The molecule has 1 atom stereocenters. The van der Waals surface area contributed by atoms with E-state index in [1.165, 1.54) is 0 Å². The van der Waals surface area contributed by atoms with E-state index in [-0.39, 0.29) is 6.04 Å². The maximum Gasteiger partial charge on any atom is 0.130 e. The van der Waals surface area contributed by atoms with Crippen LogP contribution in [-0.2, 0) is 6.54 Å². The van der Waals surface area contributed by atoms with Gasteiger partial charge in [-0.2, -0.15) is 0 Å². The minimum atomic E-state index is -0.254. The topological polar surface area (TPSA) is 56.7 Å². The number of nitrogens with two attached hydrogens (primary N) is 1. The Kier molecular flexibility index (Phi) is 3.48. The Labute approximate surface area is 118 Å². The molecular formula is C16H18N4. The van der Waals surface area contributed by atoms with Crippen LogP contribution in [0.15, 0.2) is 48.9 Å². The number of hydrogen-bond donors (Lipinski definition) is 1. The van der Waals surface area contributed by atoms with Crippen molar-refractivity contribution in [1.29, 1.82) is 0 Å². The van der Waals surface area contributed by atoms with Gasteiger partial charge in [0.1, 0.15) is 5.82 Å². The van der Waals surface area contributed by atoms with Crippen LogP contribution in [0.2, 0.25) is 0 Å². The summed E-state index contributed by atoms with van der Waals surface area (Å²) in [5, 5.41) is 1.11. The van der Waals surface area contributed by atoms with Crippen LogP contribution >= 0.6 is 0 Å². The first-order valence-corrected chi connectivity index (χ1v) is 6.91. The number of aryl methyl sites for hydroxylation is 1. The SMILES string of the molecule is CCCn1ccnc1C(N)c1cccc2cccnc12. The Morgan fingerprint density at radius 2 is 2.00 bits per heavy atom. The molecule has 0 fully saturated rings. The summed E-state index contributed by atoms with van der Waals surface area (Å²) in [6, 6.07) is 9.84. The molecular weight excluding hydrogens is 248 g/mol. The third-order valence-electron chi connectivity index (χ3n) is 3.49. The Morgan fingerprint density at radius 1 is 1.15 bits per heavy atom. The molecule has 3 rings (SSSR count). The number of benzene rings is 1. The molecule has 102 valence electrons. The summed E-state index contributed by atoms with van der Waals surface area (Å²) in [4.78, 5) is 8.90. The second-order valence-electron chi connectivity index (χ2n) is 4.88. The van der Waals surface area contributed by atoms with Gasteiger partial charge >= 0.3 is 0 Å². The fourth-order valence-corrected chi connectivity index (χ4v) is 2.55. The molecule has 2 aromatic heterocycles. The van der Waals surface area contributed by atoms with E-state index >= 15 is 0 Å². The normalized spacial score (nSPS) is 12.7. The van der Waals surface area contributed by atoms with Crippen molar-refractivity contribution in [1.82, 2.24) is 14.5 Å². The number of para-hydroxylation sites is 1. The molecule has 3 aromatic rings. The van der Waals surface area contributed by atoms with Crippen molar-refractivity contribution in [2.45, 2.75) is 25.9 Å². The second kappa shape index (κ2) is 5.43. The zero-order chi connectivity index (χ0) is 13.9. The summed E-state index contributed by atoms with van der Waals surface area (Å²) in [5.74, 6) is 0.894. The van der Waals surface area contributed by atoms with Gasteiger partial charge in [0.05, 0.1) is 11.6 Å². The van der Waals surface area contributed by atoms with Crippen LogP contribution in [0, 0.1) is 0 Å². The fourth-order valence-electron chi connectivity index (χ4n) is 2.55. The van der Waals surface area contributed by atoms with E-state index in [0.29, 0.717) is 0 Å². The number of rotatable bonds is 4. The number of nitrogens with zero attached hydrogens (tertiary/aromatic N) is 3. The van der Waals surface area contributed by atoms with Crippen molar-refractivity contribution in [3.8, 4) is 0 Å². The number of imidazole rings is 1. The van der Waals surface area contributed by atoms with E-state index in [1.54, 1.807) is 6.20 Å². The average molecular weight is 266 g/mol. The summed E-state index contributed by atoms with van der Waals surface area (Å²) >= 11 is 0. The van der Waals surface area contributed by atoms with E-state index in [2.05, 4.69) is 33.6 Å². The molecule has 0 saturated carbocycles. The number of aromatic nitrogens is 3. The van der Waals surface area contributed by atoms with Crippen LogP contribution < -0.4 is 5.73 Å². The molecule has 2 heterocycles. The molecule has 0 aliphatic rings. The molecule has 4 nitrogen and oxygen atoms in total. The molecule has 0 aliphatic carbocycles. The van der Waals surface area contributed by atoms with E-state index in [1.807, 2.05) is 30.6 Å². The lowest BCUT2D eigenvalue weighted by molar-refractivity contribution is 0.614. The molecule has 1 unspecified atom stereocenters. The highest BCUT2D eigenvalue weighted by molar-refractivity contribution is 5.82. The van der Waals surface area contributed by atoms with Crippen molar-refractivity contribution >= 4 is 10.9 Å².